The number of imidazole rings is 1. The maximum absolute atomic E-state index is 11.6. The molecule has 0 aliphatic rings. The van der Waals surface area contributed by atoms with E-state index in [1.807, 2.05) is 26.0 Å². The highest BCUT2D eigenvalue weighted by atomic mass is 35.5. The highest BCUT2D eigenvalue weighted by Gasteiger charge is 2.16. The molecule has 3 aromatic rings. The SMILES string of the molecule is Cc1ccc(C)c(CNc2ccc3nccn3c2C(=O)O)c1Cl. The molecule has 0 aliphatic carbocycles. The molecule has 1 aromatic carbocycles. The van der Waals surface area contributed by atoms with Gasteiger partial charge in [-0.05, 0) is 42.7 Å². The number of hydrogen-bond acceptors (Lipinski definition) is 3. The van der Waals surface area contributed by atoms with Crippen molar-refractivity contribution in [2.24, 2.45) is 0 Å². The maximum Gasteiger partial charge on any atom is 0.355 e. The van der Waals surface area contributed by atoms with Crippen LogP contribution in [-0.2, 0) is 6.54 Å². The molecule has 0 fully saturated rings. The molecule has 0 saturated carbocycles. The second-order valence-electron chi connectivity index (χ2n) is 5.40. The Kier molecular flexibility index (Phi) is 3.96. The Bertz CT molecular complexity index is 902. The van der Waals surface area contributed by atoms with Gasteiger partial charge in [0, 0.05) is 24.0 Å². The summed E-state index contributed by atoms with van der Waals surface area (Å²) in [5.74, 6) is -1.01. The molecule has 5 nitrogen and oxygen atoms in total. The Morgan fingerprint density at radius 3 is 2.74 bits per heavy atom. The number of nitrogens with zero attached hydrogens (tertiary/aromatic N) is 2. The quantitative estimate of drug-likeness (QED) is 0.761. The van der Waals surface area contributed by atoms with Crippen LogP contribution in [0.3, 0.4) is 0 Å². The first-order valence-corrected chi connectivity index (χ1v) is 7.54. The van der Waals surface area contributed by atoms with Gasteiger partial charge in [-0.15, -0.1) is 0 Å². The van der Waals surface area contributed by atoms with E-state index in [1.54, 1.807) is 28.9 Å². The monoisotopic (exact) mass is 329 g/mol. The number of halogens is 1. The van der Waals surface area contributed by atoms with Gasteiger partial charge in [0.25, 0.3) is 0 Å². The van der Waals surface area contributed by atoms with Crippen LogP contribution < -0.4 is 5.32 Å². The van der Waals surface area contributed by atoms with E-state index >= 15 is 0 Å². The first-order valence-electron chi connectivity index (χ1n) is 7.17. The van der Waals surface area contributed by atoms with Crippen molar-refractivity contribution in [1.82, 2.24) is 9.38 Å². The number of benzene rings is 1. The molecule has 3 rings (SSSR count). The molecule has 118 valence electrons. The minimum absolute atomic E-state index is 0.154. The van der Waals surface area contributed by atoms with E-state index in [0.29, 0.717) is 22.9 Å². The molecule has 0 atom stereocenters. The van der Waals surface area contributed by atoms with Crippen LogP contribution in [-0.4, -0.2) is 20.5 Å². The fourth-order valence-corrected chi connectivity index (χ4v) is 2.87. The normalized spacial score (nSPS) is 10.9. The number of rotatable bonds is 4. The Morgan fingerprint density at radius 2 is 2.00 bits per heavy atom. The molecule has 6 heteroatoms. The number of aromatic carboxylic acids is 1. The van der Waals surface area contributed by atoms with Crippen molar-refractivity contribution in [3.63, 3.8) is 0 Å². The van der Waals surface area contributed by atoms with Crippen molar-refractivity contribution in [1.29, 1.82) is 0 Å². The lowest BCUT2D eigenvalue weighted by molar-refractivity contribution is 0.0690. The third kappa shape index (κ3) is 2.75. The van der Waals surface area contributed by atoms with Crippen molar-refractivity contribution in [3.8, 4) is 0 Å². The molecule has 0 spiro atoms. The number of aromatic nitrogens is 2. The van der Waals surface area contributed by atoms with E-state index in [-0.39, 0.29) is 5.69 Å². The number of fused-ring (bicyclic) bond motifs is 1. The van der Waals surface area contributed by atoms with Gasteiger partial charge in [-0.1, -0.05) is 23.7 Å². The lowest BCUT2D eigenvalue weighted by atomic mass is 10.1. The van der Waals surface area contributed by atoms with Gasteiger partial charge in [0.1, 0.15) is 5.65 Å². The largest absolute Gasteiger partial charge is 0.476 e. The van der Waals surface area contributed by atoms with Crippen LogP contribution in [0.25, 0.3) is 5.65 Å². The van der Waals surface area contributed by atoms with E-state index < -0.39 is 5.97 Å². The highest BCUT2D eigenvalue weighted by Crippen LogP contribution is 2.26. The van der Waals surface area contributed by atoms with Crippen molar-refractivity contribution in [2.45, 2.75) is 20.4 Å². The first-order chi connectivity index (χ1) is 11.0. The van der Waals surface area contributed by atoms with Crippen molar-refractivity contribution >= 4 is 28.9 Å². The summed E-state index contributed by atoms with van der Waals surface area (Å²) in [6.45, 7) is 4.39. The van der Waals surface area contributed by atoms with Crippen molar-refractivity contribution < 1.29 is 9.90 Å². The zero-order chi connectivity index (χ0) is 16.6. The van der Waals surface area contributed by atoms with Crippen molar-refractivity contribution in [3.05, 3.63) is 64.1 Å². The summed E-state index contributed by atoms with van der Waals surface area (Å²) < 4.78 is 1.55. The molecular weight excluding hydrogens is 314 g/mol. The molecule has 2 aromatic heterocycles. The fraction of sp³-hybridized carbons (Fsp3) is 0.176. The predicted molar refractivity (Wildman–Crippen MR) is 90.4 cm³/mol. The predicted octanol–water partition coefficient (Wildman–Crippen LogP) is 3.91. The van der Waals surface area contributed by atoms with Gasteiger partial charge >= 0.3 is 5.97 Å². The second-order valence-corrected chi connectivity index (χ2v) is 5.78. The Morgan fingerprint density at radius 1 is 1.26 bits per heavy atom. The van der Waals surface area contributed by atoms with Gasteiger partial charge in [-0.2, -0.15) is 0 Å². The lowest BCUT2D eigenvalue weighted by Gasteiger charge is -2.15. The number of aryl methyl sites for hydroxylation is 2. The minimum Gasteiger partial charge on any atom is -0.476 e. The Balaban J connectivity index is 1.98. The van der Waals surface area contributed by atoms with Crippen LogP contribution in [0.15, 0.2) is 36.7 Å². The third-order valence-electron chi connectivity index (χ3n) is 3.89. The number of nitrogens with one attached hydrogen (secondary N) is 1. The summed E-state index contributed by atoms with van der Waals surface area (Å²) in [5, 5.41) is 13.4. The van der Waals surface area contributed by atoms with E-state index in [4.69, 9.17) is 11.6 Å². The lowest BCUT2D eigenvalue weighted by Crippen LogP contribution is -2.12. The Labute approximate surface area is 138 Å². The van der Waals surface area contributed by atoms with Gasteiger partial charge in [-0.3, -0.25) is 4.40 Å². The minimum atomic E-state index is -1.01. The summed E-state index contributed by atoms with van der Waals surface area (Å²) >= 11 is 6.37. The fourth-order valence-electron chi connectivity index (χ4n) is 2.59. The van der Waals surface area contributed by atoms with Crippen molar-refractivity contribution in [2.75, 3.05) is 5.32 Å². The van der Waals surface area contributed by atoms with Gasteiger partial charge in [0.05, 0.1) is 5.69 Å². The van der Waals surface area contributed by atoms with Gasteiger partial charge in [0.2, 0.25) is 0 Å². The number of hydrogen-bond donors (Lipinski definition) is 2. The number of pyridine rings is 1. The van der Waals surface area contributed by atoms with Crippen LogP contribution in [0.4, 0.5) is 5.69 Å². The summed E-state index contributed by atoms with van der Waals surface area (Å²) in [5.41, 5.74) is 4.30. The first kappa shape index (κ1) is 15.4. The number of anilines is 1. The van der Waals surface area contributed by atoms with E-state index in [0.717, 1.165) is 16.7 Å². The average Bonchev–Trinajstić information content (AvgIpc) is 2.98. The zero-order valence-electron chi connectivity index (χ0n) is 12.8. The highest BCUT2D eigenvalue weighted by molar-refractivity contribution is 6.32. The molecule has 0 amide bonds. The molecule has 0 unspecified atom stereocenters. The third-order valence-corrected chi connectivity index (χ3v) is 4.42. The summed E-state index contributed by atoms with van der Waals surface area (Å²) in [6.07, 6.45) is 3.21. The van der Waals surface area contributed by atoms with Gasteiger partial charge < -0.3 is 10.4 Å². The molecule has 2 N–H and O–H groups in total. The van der Waals surface area contributed by atoms with Crippen LogP contribution in [0, 0.1) is 13.8 Å². The molecular formula is C17H16ClN3O2. The number of carboxylic acids is 1. The summed E-state index contributed by atoms with van der Waals surface area (Å²) in [7, 11) is 0. The number of carbonyl (C=O) groups is 1. The molecule has 2 heterocycles. The zero-order valence-corrected chi connectivity index (χ0v) is 13.6. The van der Waals surface area contributed by atoms with Crippen LogP contribution >= 0.6 is 11.6 Å². The smallest absolute Gasteiger partial charge is 0.355 e. The topological polar surface area (TPSA) is 66.6 Å². The summed E-state index contributed by atoms with van der Waals surface area (Å²) in [6, 6.07) is 7.49. The average molecular weight is 330 g/mol. The molecule has 0 aliphatic heterocycles. The Hall–Kier alpha value is -2.53. The van der Waals surface area contributed by atoms with E-state index in [9.17, 15) is 9.90 Å². The number of carboxylic acid groups (broad SMARTS) is 1. The van der Waals surface area contributed by atoms with Crippen LogP contribution in [0.1, 0.15) is 27.2 Å². The molecule has 0 radical (unpaired) electrons. The van der Waals surface area contributed by atoms with E-state index in [1.165, 1.54) is 0 Å². The second kappa shape index (κ2) is 5.93. The standard InChI is InChI=1S/C17H16ClN3O2/c1-10-3-4-11(2)15(18)12(10)9-20-13-5-6-14-19-7-8-21(14)16(13)17(22)23/h3-8,20H,9H2,1-2H3,(H,22,23). The van der Waals surface area contributed by atoms with Crippen LogP contribution in [0.5, 0.6) is 0 Å². The maximum atomic E-state index is 11.6. The van der Waals surface area contributed by atoms with Gasteiger partial charge in [0.15, 0.2) is 5.69 Å². The summed E-state index contributed by atoms with van der Waals surface area (Å²) in [4.78, 5) is 15.7. The van der Waals surface area contributed by atoms with E-state index in [2.05, 4.69) is 10.3 Å². The molecule has 23 heavy (non-hydrogen) atoms. The molecule has 0 saturated heterocycles. The van der Waals surface area contributed by atoms with Gasteiger partial charge in [-0.25, -0.2) is 9.78 Å². The van der Waals surface area contributed by atoms with Crippen LogP contribution in [0.2, 0.25) is 5.02 Å². The molecule has 0 bridgehead atoms.